The maximum Gasteiger partial charge on any atom is 0.407 e. The molecule has 1 aromatic carbocycles. The van der Waals surface area contributed by atoms with Crippen LogP contribution in [0.3, 0.4) is 0 Å². The fourth-order valence-corrected chi connectivity index (χ4v) is 1.60. The molecule has 0 unspecified atom stereocenters. The second-order valence-corrected chi connectivity index (χ2v) is 5.50. The van der Waals surface area contributed by atoms with E-state index in [4.69, 9.17) is 10.5 Å². The average Bonchev–Trinajstić information content (AvgIpc) is 2.33. The van der Waals surface area contributed by atoms with E-state index in [1.807, 2.05) is 0 Å². The lowest BCUT2D eigenvalue weighted by Crippen LogP contribution is -2.35. The summed E-state index contributed by atoms with van der Waals surface area (Å²) >= 11 is 0. The van der Waals surface area contributed by atoms with Crippen molar-refractivity contribution in [1.29, 1.82) is 0 Å². The van der Waals surface area contributed by atoms with Gasteiger partial charge in [0.1, 0.15) is 5.60 Å². The number of carbonyl (C=O) groups is 1. The Balaban J connectivity index is 2.45. The highest BCUT2D eigenvalue weighted by molar-refractivity contribution is 5.67. The molecule has 0 spiro atoms. The molecule has 1 aromatic rings. The van der Waals surface area contributed by atoms with Gasteiger partial charge in [0.25, 0.3) is 6.43 Å². The van der Waals surface area contributed by atoms with Gasteiger partial charge < -0.3 is 21.1 Å². The number of amides is 1. The fourth-order valence-electron chi connectivity index (χ4n) is 1.60. The second kappa shape index (κ2) is 7.10. The van der Waals surface area contributed by atoms with Gasteiger partial charge in [-0.05, 0) is 39.0 Å². The van der Waals surface area contributed by atoms with E-state index in [2.05, 4.69) is 10.6 Å². The van der Waals surface area contributed by atoms with Crippen LogP contribution in [-0.4, -0.2) is 24.8 Å². The van der Waals surface area contributed by atoms with Gasteiger partial charge in [0.2, 0.25) is 0 Å². The van der Waals surface area contributed by atoms with Crippen LogP contribution in [0.1, 0.15) is 32.8 Å². The Labute approximate surface area is 122 Å². The van der Waals surface area contributed by atoms with Gasteiger partial charge in [-0.15, -0.1) is 0 Å². The zero-order chi connectivity index (χ0) is 16.0. The molecule has 7 heteroatoms. The van der Waals surface area contributed by atoms with E-state index in [0.717, 1.165) is 0 Å². The SMILES string of the molecule is CC(C)(C)OC(=O)NCCNc1ccc(N)cc1C(F)F. The number of halogens is 2. The molecule has 4 N–H and O–H groups in total. The number of nitrogens with one attached hydrogen (secondary N) is 2. The lowest BCUT2D eigenvalue weighted by atomic mass is 10.1. The van der Waals surface area contributed by atoms with Crippen molar-refractivity contribution in [3.63, 3.8) is 0 Å². The van der Waals surface area contributed by atoms with Crippen molar-refractivity contribution >= 4 is 17.5 Å². The first-order valence-electron chi connectivity index (χ1n) is 6.57. The molecule has 118 valence electrons. The summed E-state index contributed by atoms with van der Waals surface area (Å²) in [7, 11) is 0. The van der Waals surface area contributed by atoms with Gasteiger partial charge in [-0.2, -0.15) is 0 Å². The van der Waals surface area contributed by atoms with Crippen molar-refractivity contribution < 1.29 is 18.3 Å². The molecule has 1 amide bonds. The summed E-state index contributed by atoms with van der Waals surface area (Å²) < 4.78 is 30.7. The van der Waals surface area contributed by atoms with Gasteiger partial charge in [-0.3, -0.25) is 0 Å². The van der Waals surface area contributed by atoms with E-state index in [1.165, 1.54) is 18.2 Å². The molecular formula is C14H21F2N3O2. The third kappa shape index (κ3) is 6.29. The summed E-state index contributed by atoms with van der Waals surface area (Å²) in [5.41, 5.74) is 5.33. The maximum atomic E-state index is 12.8. The molecule has 0 aliphatic rings. The number of carbonyl (C=O) groups excluding carboxylic acids is 1. The largest absolute Gasteiger partial charge is 0.444 e. The molecule has 5 nitrogen and oxygen atoms in total. The van der Waals surface area contributed by atoms with Gasteiger partial charge in [-0.1, -0.05) is 0 Å². The Bertz CT molecular complexity index is 488. The number of benzene rings is 1. The van der Waals surface area contributed by atoms with Crippen molar-refractivity contribution in [3.05, 3.63) is 23.8 Å². The molecule has 21 heavy (non-hydrogen) atoms. The van der Waals surface area contributed by atoms with Crippen molar-refractivity contribution in [2.45, 2.75) is 32.8 Å². The molecule has 0 saturated heterocycles. The zero-order valence-corrected chi connectivity index (χ0v) is 12.4. The molecule has 0 saturated carbocycles. The number of ether oxygens (including phenoxy) is 1. The molecule has 0 aliphatic heterocycles. The van der Waals surface area contributed by atoms with Gasteiger partial charge >= 0.3 is 6.09 Å². The molecule has 0 bridgehead atoms. The number of rotatable bonds is 5. The predicted octanol–water partition coefficient (Wildman–Crippen LogP) is 3.14. The normalized spacial score (nSPS) is 11.3. The number of alkyl carbamates (subject to hydrolysis) is 1. The summed E-state index contributed by atoms with van der Waals surface area (Å²) in [6.45, 7) is 5.82. The number of nitrogens with two attached hydrogens (primary N) is 1. The predicted molar refractivity (Wildman–Crippen MR) is 78.5 cm³/mol. The first-order chi connectivity index (χ1) is 9.69. The summed E-state index contributed by atoms with van der Waals surface area (Å²) in [6, 6.07) is 4.26. The minimum absolute atomic E-state index is 0.160. The van der Waals surface area contributed by atoms with E-state index in [9.17, 15) is 13.6 Å². The highest BCUT2D eigenvalue weighted by atomic mass is 19.3. The lowest BCUT2D eigenvalue weighted by molar-refractivity contribution is 0.0530. The summed E-state index contributed by atoms with van der Waals surface area (Å²) in [5.74, 6) is 0. The minimum Gasteiger partial charge on any atom is -0.444 e. The minimum atomic E-state index is -2.62. The Morgan fingerprint density at radius 3 is 2.57 bits per heavy atom. The molecule has 1 rings (SSSR count). The summed E-state index contributed by atoms with van der Waals surface area (Å²) in [4.78, 5) is 11.4. The molecular weight excluding hydrogens is 280 g/mol. The second-order valence-electron chi connectivity index (χ2n) is 5.50. The third-order valence-electron chi connectivity index (χ3n) is 2.42. The number of nitrogen functional groups attached to an aromatic ring is 1. The van der Waals surface area contributed by atoms with E-state index >= 15 is 0 Å². The monoisotopic (exact) mass is 301 g/mol. The lowest BCUT2D eigenvalue weighted by Gasteiger charge is -2.20. The highest BCUT2D eigenvalue weighted by Gasteiger charge is 2.16. The van der Waals surface area contributed by atoms with Crippen LogP contribution >= 0.6 is 0 Å². The smallest absolute Gasteiger partial charge is 0.407 e. The molecule has 0 heterocycles. The van der Waals surface area contributed by atoms with Crippen LogP contribution < -0.4 is 16.4 Å². The van der Waals surface area contributed by atoms with Gasteiger partial charge in [0.15, 0.2) is 0 Å². The topological polar surface area (TPSA) is 76.4 Å². The number of anilines is 2. The molecule has 0 aliphatic carbocycles. The molecule has 0 aromatic heterocycles. The Hall–Kier alpha value is -2.05. The third-order valence-corrected chi connectivity index (χ3v) is 2.42. The van der Waals surface area contributed by atoms with Crippen LogP contribution in [0, 0.1) is 0 Å². The van der Waals surface area contributed by atoms with Crippen LogP contribution in [0.25, 0.3) is 0 Å². The van der Waals surface area contributed by atoms with Gasteiger partial charge in [0, 0.05) is 30.0 Å². The molecule has 0 fully saturated rings. The summed E-state index contributed by atoms with van der Waals surface area (Å²) in [5, 5.41) is 5.37. The highest BCUT2D eigenvalue weighted by Crippen LogP contribution is 2.28. The van der Waals surface area contributed by atoms with Crippen molar-refractivity contribution in [1.82, 2.24) is 5.32 Å². The number of alkyl halides is 2. The van der Waals surface area contributed by atoms with Gasteiger partial charge in [0.05, 0.1) is 0 Å². The van der Waals surface area contributed by atoms with Crippen LogP contribution in [-0.2, 0) is 4.74 Å². The van der Waals surface area contributed by atoms with E-state index in [0.29, 0.717) is 12.2 Å². The Morgan fingerprint density at radius 1 is 1.33 bits per heavy atom. The average molecular weight is 301 g/mol. The van der Waals surface area contributed by atoms with E-state index in [-0.39, 0.29) is 17.8 Å². The van der Waals surface area contributed by atoms with Crippen molar-refractivity contribution in [3.8, 4) is 0 Å². The van der Waals surface area contributed by atoms with Crippen molar-refractivity contribution in [2.24, 2.45) is 0 Å². The number of hydrogen-bond donors (Lipinski definition) is 3. The van der Waals surface area contributed by atoms with E-state index in [1.54, 1.807) is 20.8 Å². The van der Waals surface area contributed by atoms with E-state index < -0.39 is 18.1 Å². The first-order valence-corrected chi connectivity index (χ1v) is 6.57. The maximum absolute atomic E-state index is 12.8. The molecule has 0 radical (unpaired) electrons. The van der Waals surface area contributed by atoms with Crippen LogP contribution in [0.2, 0.25) is 0 Å². The fraction of sp³-hybridized carbons (Fsp3) is 0.500. The van der Waals surface area contributed by atoms with Crippen molar-refractivity contribution in [2.75, 3.05) is 24.1 Å². The Morgan fingerprint density at radius 2 is 2.00 bits per heavy atom. The summed E-state index contributed by atoms with van der Waals surface area (Å²) in [6.07, 6.45) is -3.16. The first kappa shape index (κ1) is 17.0. The Kier molecular flexibility index (Phi) is 5.75. The van der Waals surface area contributed by atoms with Crippen LogP contribution in [0.4, 0.5) is 25.0 Å². The zero-order valence-electron chi connectivity index (χ0n) is 12.4. The van der Waals surface area contributed by atoms with Gasteiger partial charge in [-0.25, -0.2) is 13.6 Å². The molecule has 0 atom stereocenters. The quantitative estimate of drug-likeness (QED) is 0.577. The standard InChI is InChI=1S/C14H21F2N3O2/c1-14(2,3)21-13(20)19-7-6-18-11-5-4-9(17)8-10(11)12(15)16/h4-5,8,12,18H,6-7,17H2,1-3H3,(H,19,20). The van der Waals surface area contributed by atoms with Crippen LogP contribution in [0.5, 0.6) is 0 Å². The van der Waals surface area contributed by atoms with Crippen LogP contribution in [0.15, 0.2) is 18.2 Å². The number of hydrogen-bond acceptors (Lipinski definition) is 4.